The summed E-state index contributed by atoms with van der Waals surface area (Å²) >= 11 is 0. The number of epoxide rings is 1. The number of phenols is 2. The Kier molecular flexibility index (Phi) is 4.05. The van der Waals surface area contributed by atoms with Gasteiger partial charge in [0.25, 0.3) is 0 Å². The molecule has 1 fully saturated rings. The van der Waals surface area contributed by atoms with E-state index >= 15 is 0 Å². The number of fused-ring (bicyclic) bond motifs is 2. The first-order valence-electron chi connectivity index (χ1n) is 10.3. The molecule has 1 saturated heterocycles. The summed E-state index contributed by atoms with van der Waals surface area (Å²) in [5.41, 5.74) is 1.21. The predicted octanol–water partition coefficient (Wildman–Crippen LogP) is 4.78. The number of hydrogen-bond acceptors (Lipinski definition) is 6. The van der Waals surface area contributed by atoms with Crippen LogP contribution in [0, 0.1) is 0 Å². The van der Waals surface area contributed by atoms with Gasteiger partial charge in [0.1, 0.15) is 40.1 Å². The molecular weight excluding hydrogens is 396 g/mol. The van der Waals surface area contributed by atoms with Gasteiger partial charge in [-0.15, -0.1) is 0 Å². The molecule has 2 aliphatic heterocycles. The maximum absolute atomic E-state index is 13.5. The van der Waals surface area contributed by atoms with Crippen LogP contribution in [0.3, 0.4) is 0 Å². The number of ether oxygens (including phenoxy) is 2. The Morgan fingerprint density at radius 3 is 2.39 bits per heavy atom. The van der Waals surface area contributed by atoms with Crippen LogP contribution in [0.1, 0.15) is 38.8 Å². The van der Waals surface area contributed by atoms with Gasteiger partial charge in [-0.1, -0.05) is 12.1 Å². The molecule has 3 heterocycles. The van der Waals surface area contributed by atoms with Crippen molar-refractivity contribution in [3.8, 4) is 28.4 Å². The molecule has 0 saturated carbocycles. The number of phenolic OH excluding ortho intramolecular Hbond substituents is 2. The summed E-state index contributed by atoms with van der Waals surface area (Å²) in [4.78, 5) is 13.5. The Morgan fingerprint density at radius 1 is 1.06 bits per heavy atom. The minimum atomic E-state index is -0.561. The van der Waals surface area contributed by atoms with Crippen LogP contribution >= 0.6 is 0 Å². The van der Waals surface area contributed by atoms with E-state index < -0.39 is 5.60 Å². The lowest BCUT2D eigenvalue weighted by Gasteiger charge is -2.30. The van der Waals surface area contributed by atoms with Gasteiger partial charge in [-0.2, -0.15) is 0 Å². The fourth-order valence-corrected chi connectivity index (χ4v) is 4.10. The highest BCUT2D eigenvalue weighted by Crippen LogP contribution is 2.48. The van der Waals surface area contributed by atoms with Gasteiger partial charge in [0, 0.05) is 12.0 Å². The lowest BCUT2D eigenvalue weighted by Crippen LogP contribution is -2.28. The monoisotopic (exact) mass is 420 g/mol. The Morgan fingerprint density at radius 2 is 1.74 bits per heavy atom. The molecule has 2 N–H and O–H groups in total. The van der Waals surface area contributed by atoms with Gasteiger partial charge < -0.3 is 24.1 Å². The fraction of sp³-hybridized carbons (Fsp3) is 0.320. The summed E-state index contributed by atoms with van der Waals surface area (Å²) in [6.07, 6.45) is 5.51. The SMILES string of the molecule is CC1(C)C=Cc2c(c(C[C@H]3OC3(C)C)c3occ(-c4ccc(O)cc4)c(=O)c3c2O)O1. The first-order valence-corrected chi connectivity index (χ1v) is 10.3. The molecule has 0 radical (unpaired) electrons. The summed E-state index contributed by atoms with van der Waals surface area (Å²) in [5, 5.41) is 20.7. The van der Waals surface area contributed by atoms with Gasteiger partial charge in [-0.3, -0.25) is 4.79 Å². The average Bonchev–Trinajstić information content (AvgIpc) is 3.31. The minimum absolute atomic E-state index is 0.0379. The van der Waals surface area contributed by atoms with E-state index in [1.807, 2.05) is 33.8 Å². The normalized spacial score (nSPS) is 20.3. The van der Waals surface area contributed by atoms with Crippen molar-refractivity contribution in [2.75, 3.05) is 0 Å². The topological polar surface area (TPSA) is 92.4 Å². The highest BCUT2D eigenvalue weighted by molar-refractivity contribution is 5.95. The van der Waals surface area contributed by atoms with E-state index in [0.717, 1.165) is 0 Å². The fourth-order valence-electron chi connectivity index (χ4n) is 4.10. The zero-order valence-corrected chi connectivity index (χ0v) is 17.9. The molecule has 5 rings (SSSR count). The number of aromatic hydroxyl groups is 2. The lowest BCUT2D eigenvalue weighted by atomic mass is 9.92. The highest BCUT2D eigenvalue weighted by Gasteiger charge is 2.48. The summed E-state index contributed by atoms with van der Waals surface area (Å²) in [5.74, 6) is 0.459. The Hall–Kier alpha value is -3.25. The van der Waals surface area contributed by atoms with Gasteiger partial charge in [0.2, 0.25) is 5.43 Å². The van der Waals surface area contributed by atoms with Gasteiger partial charge in [-0.05, 0) is 57.5 Å². The molecule has 0 amide bonds. The van der Waals surface area contributed by atoms with Gasteiger partial charge >= 0.3 is 0 Å². The quantitative estimate of drug-likeness (QED) is 0.593. The molecule has 0 aliphatic carbocycles. The van der Waals surface area contributed by atoms with Gasteiger partial charge in [-0.25, -0.2) is 0 Å². The molecule has 1 atom stereocenters. The van der Waals surface area contributed by atoms with Crippen LogP contribution in [0.5, 0.6) is 17.2 Å². The molecule has 2 aliphatic rings. The van der Waals surface area contributed by atoms with Crippen LogP contribution in [-0.4, -0.2) is 27.5 Å². The van der Waals surface area contributed by atoms with Gasteiger partial charge in [0.05, 0.1) is 22.8 Å². The number of hydrogen-bond donors (Lipinski definition) is 2. The van der Waals surface area contributed by atoms with E-state index in [1.165, 1.54) is 18.4 Å². The zero-order chi connectivity index (χ0) is 22.1. The van der Waals surface area contributed by atoms with E-state index in [0.29, 0.717) is 40.0 Å². The van der Waals surface area contributed by atoms with Gasteiger partial charge in [0.15, 0.2) is 0 Å². The molecule has 0 spiro atoms. The van der Waals surface area contributed by atoms with E-state index in [4.69, 9.17) is 13.9 Å². The molecule has 6 heteroatoms. The number of benzene rings is 2. The van der Waals surface area contributed by atoms with E-state index in [1.54, 1.807) is 18.2 Å². The molecular formula is C25H24O6. The third-order valence-corrected chi connectivity index (χ3v) is 6.03. The average molecular weight is 420 g/mol. The summed E-state index contributed by atoms with van der Waals surface area (Å²) in [6.45, 7) is 7.88. The second kappa shape index (κ2) is 6.37. The second-order valence-corrected chi connectivity index (χ2v) is 9.25. The molecule has 2 aromatic carbocycles. The molecule has 0 bridgehead atoms. The smallest absolute Gasteiger partial charge is 0.204 e. The summed E-state index contributed by atoms with van der Waals surface area (Å²) in [6, 6.07) is 6.27. The number of rotatable bonds is 3. The van der Waals surface area contributed by atoms with Crippen LogP contribution in [0.2, 0.25) is 0 Å². The maximum Gasteiger partial charge on any atom is 0.204 e. The maximum atomic E-state index is 13.5. The third kappa shape index (κ3) is 3.18. The summed E-state index contributed by atoms with van der Waals surface area (Å²) < 4.78 is 18.0. The second-order valence-electron chi connectivity index (χ2n) is 9.25. The van der Waals surface area contributed by atoms with Crippen LogP contribution in [0.4, 0.5) is 0 Å². The first-order chi connectivity index (χ1) is 14.6. The zero-order valence-electron chi connectivity index (χ0n) is 17.9. The Labute approximate surface area is 179 Å². The molecule has 31 heavy (non-hydrogen) atoms. The van der Waals surface area contributed by atoms with Crippen molar-refractivity contribution < 1.29 is 24.1 Å². The van der Waals surface area contributed by atoms with Crippen molar-refractivity contribution in [3.63, 3.8) is 0 Å². The minimum Gasteiger partial charge on any atom is -0.508 e. The van der Waals surface area contributed by atoms with Crippen molar-refractivity contribution in [3.05, 3.63) is 58.0 Å². The van der Waals surface area contributed by atoms with E-state index in [-0.39, 0.29) is 34.0 Å². The Bertz CT molecular complexity index is 1290. The molecule has 3 aromatic rings. The Balaban J connectivity index is 1.78. The van der Waals surface area contributed by atoms with Crippen LogP contribution in [0.15, 0.2) is 45.8 Å². The van der Waals surface area contributed by atoms with Crippen LogP contribution < -0.4 is 10.2 Å². The molecule has 1 aromatic heterocycles. The molecule has 0 unspecified atom stereocenters. The van der Waals surface area contributed by atoms with Crippen molar-refractivity contribution in [1.82, 2.24) is 0 Å². The first kappa shape index (κ1) is 19.7. The molecule has 6 nitrogen and oxygen atoms in total. The van der Waals surface area contributed by atoms with Crippen LogP contribution in [-0.2, 0) is 11.2 Å². The standard InChI is InChI=1S/C25H24O6/c1-24(2)10-9-15-20(27)19-21(28)17(13-5-7-14(26)8-6-13)12-29-23(19)16(22(15)31-24)11-18-25(3,4)30-18/h5-10,12,18,26-27H,11H2,1-4H3/t18-/m1/s1. The largest absolute Gasteiger partial charge is 0.508 e. The van der Waals surface area contributed by atoms with Crippen molar-refractivity contribution in [1.29, 1.82) is 0 Å². The van der Waals surface area contributed by atoms with E-state index in [2.05, 4.69) is 0 Å². The molecule has 160 valence electrons. The van der Waals surface area contributed by atoms with Crippen molar-refractivity contribution >= 4 is 17.0 Å². The predicted molar refractivity (Wildman–Crippen MR) is 118 cm³/mol. The highest BCUT2D eigenvalue weighted by atomic mass is 16.6. The lowest BCUT2D eigenvalue weighted by molar-refractivity contribution is 0.156. The third-order valence-electron chi connectivity index (χ3n) is 6.03. The van der Waals surface area contributed by atoms with Crippen LogP contribution in [0.25, 0.3) is 28.2 Å². The van der Waals surface area contributed by atoms with Crippen molar-refractivity contribution in [2.45, 2.75) is 51.4 Å². The van der Waals surface area contributed by atoms with E-state index in [9.17, 15) is 15.0 Å². The van der Waals surface area contributed by atoms with Crippen molar-refractivity contribution in [2.24, 2.45) is 0 Å². The summed E-state index contributed by atoms with van der Waals surface area (Å²) in [7, 11) is 0.